The van der Waals surface area contributed by atoms with Gasteiger partial charge in [0, 0.05) is 16.7 Å². The lowest BCUT2D eigenvalue weighted by Gasteiger charge is -2.28. The quantitative estimate of drug-likeness (QED) is 0.438. The van der Waals surface area contributed by atoms with Crippen molar-refractivity contribution in [1.29, 1.82) is 0 Å². The first-order valence-electron chi connectivity index (χ1n) is 6.99. The fourth-order valence-corrected chi connectivity index (χ4v) is 4.88. The van der Waals surface area contributed by atoms with Crippen molar-refractivity contribution in [2.75, 3.05) is 0 Å². The first-order chi connectivity index (χ1) is 10.4. The van der Waals surface area contributed by atoms with Crippen LogP contribution in [0.3, 0.4) is 0 Å². The normalized spacial score (nSPS) is 11.9. The van der Waals surface area contributed by atoms with E-state index in [-0.39, 0.29) is 13.1 Å². The van der Waals surface area contributed by atoms with E-state index < -0.39 is 0 Å². The molecule has 3 aromatic rings. The zero-order valence-electron chi connectivity index (χ0n) is 11.6. The zero-order chi connectivity index (χ0) is 14.5. The Balaban J connectivity index is 2.29. The van der Waals surface area contributed by atoms with E-state index >= 15 is 0 Å². The van der Waals surface area contributed by atoms with Gasteiger partial charge >= 0.3 is 0 Å². The Morgan fingerprint density at radius 2 is 0.810 bits per heavy atom. The van der Waals surface area contributed by atoms with Gasteiger partial charge in [-0.15, -0.1) is 0 Å². The highest BCUT2D eigenvalue weighted by atomic mass is 35.7. The number of hydrogen-bond donors (Lipinski definition) is 0. The summed E-state index contributed by atoms with van der Waals surface area (Å²) in [4.78, 5) is 0. The molecular formula is C19H17ClP+. The second kappa shape index (κ2) is 6.43. The second-order valence-corrected chi connectivity index (χ2v) is 6.75. The Labute approximate surface area is 132 Å². The van der Waals surface area contributed by atoms with Gasteiger partial charge in [-0.05, 0) is 0 Å². The number of rotatable bonds is 4. The van der Waals surface area contributed by atoms with Crippen LogP contribution < -0.4 is 0 Å². The lowest BCUT2D eigenvalue weighted by Crippen LogP contribution is -2.22. The third kappa shape index (κ3) is 2.62. The molecule has 2 heteroatoms. The first-order valence-corrected chi connectivity index (χ1v) is 9.31. The van der Waals surface area contributed by atoms with Crippen LogP contribution >= 0.6 is 19.2 Å². The molecule has 3 aromatic carbocycles. The maximum absolute atomic E-state index is 6.61. The third-order valence-corrected chi connectivity index (χ3v) is 6.16. The van der Waals surface area contributed by atoms with Gasteiger partial charge in [0.2, 0.25) is 0 Å². The number of hydrogen-bond acceptors (Lipinski definition) is 0. The van der Waals surface area contributed by atoms with Crippen molar-refractivity contribution < 1.29 is 0 Å². The minimum Gasteiger partial charge on any atom is -0.0622 e. The number of halogens is 1. The van der Waals surface area contributed by atoms with Crippen LogP contribution in [-0.2, 0) is 5.16 Å². The molecule has 0 bridgehead atoms. The van der Waals surface area contributed by atoms with Gasteiger partial charge in [-0.1, -0.05) is 91.0 Å². The topological polar surface area (TPSA) is 0 Å². The maximum Gasteiger partial charge on any atom is 0.165 e. The zero-order valence-corrected chi connectivity index (χ0v) is 13.5. The van der Waals surface area contributed by atoms with Gasteiger partial charge in [0.25, 0.3) is 0 Å². The molecule has 0 aliphatic rings. The monoisotopic (exact) mass is 311 g/mol. The van der Waals surface area contributed by atoms with E-state index in [9.17, 15) is 0 Å². The Morgan fingerprint density at radius 1 is 0.524 bits per heavy atom. The van der Waals surface area contributed by atoms with Crippen molar-refractivity contribution in [3.8, 4) is 0 Å². The molecule has 0 fully saturated rings. The Bertz CT molecular complexity index is 584. The summed E-state index contributed by atoms with van der Waals surface area (Å²) in [7, 11) is -0.339. The van der Waals surface area contributed by atoms with Crippen LogP contribution in [0.15, 0.2) is 91.0 Å². The fourth-order valence-electron chi connectivity index (χ4n) is 2.79. The molecule has 0 N–H and O–H groups in total. The van der Waals surface area contributed by atoms with E-state index in [0.717, 1.165) is 0 Å². The van der Waals surface area contributed by atoms with Crippen LogP contribution in [0.2, 0.25) is 0 Å². The summed E-state index contributed by atoms with van der Waals surface area (Å²) in [5.41, 5.74) is 3.77. The fraction of sp³-hybridized carbons (Fsp3) is 0.0526. The summed E-state index contributed by atoms with van der Waals surface area (Å²) in [6, 6.07) is 31.7. The lowest BCUT2D eigenvalue weighted by molar-refractivity contribution is 0.894. The van der Waals surface area contributed by atoms with Gasteiger partial charge in [-0.2, -0.15) is 0 Å². The molecule has 0 aliphatic heterocycles. The molecule has 0 radical (unpaired) electrons. The Kier molecular flexibility index (Phi) is 4.39. The molecule has 0 saturated heterocycles. The average molecular weight is 312 g/mol. The van der Waals surface area contributed by atoms with Crippen LogP contribution in [0.5, 0.6) is 0 Å². The molecule has 0 spiro atoms. The first kappa shape index (κ1) is 14.3. The molecule has 1 unspecified atom stereocenters. The standard InChI is InChI=1S/C19H16ClP/c20-21-19(16-10-4-1-5-11-16,17-12-6-2-7-13-17)18-14-8-3-9-15-18/h1-15,21H/p+1. The van der Waals surface area contributed by atoms with Crippen molar-refractivity contribution in [1.82, 2.24) is 0 Å². The molecule has 0 heterocycles. The van der Waals surface area contributed by atoms with E-state index in [4.69, 9.17) is 11.2 Å². The Morgan fingerprint density at radius 3 is 1.05 bits per heavy atom. The molecule has 0 nitrogen and oxygen atoms in total. The highest BCUT2D eigenvalue weighted by Crippen LogP contribution is 2.54. The van der Waals surface area contributed by atoms with Crippen LogP contribution in [-0.4, -0.2) is 0 Å². The lowest BCUT2D eigenvalue weighted by atomic mass is 9.84. The molecule has 1 atom stereocenters. The van der Waals surface area contributed by atoms with Gasteiger partial charge in [0.05, 0.1) is 11.2 Å². The minimum atomic E-state index is -0.339. The molecule has 0 aromatic heterocycles. The minimum absolute atomic E-state index is 0.231. The van der Waals surface area contributed by atoms with E-state index in [2.05, 4.69) is 72.8 Å². The predicted molar refractivity (Wildman–Crippen MR) is 94.8 cm³/mol. The SMILES string of the molecule is Cl[PH2+]C(c1ccccc1)(c1ccccc1)c1ccccc1. The molecule has 0 aliphatic carbocycles. The van der Waals surface area contributed by atoms with Crippen LogP contribution in [0.1, 0.15) is 16.7 Å². The average Bonchev–Trinajstić information content (AvgIpc) is 2.59. The smallest absolute Gasteiger partial charge is 0.0622 e. The van der Waals surface area contributed by atoms with Gasteiger partial charge in [-0.3, -0.25) is 0 Å². The molecular weight excluding hydrogens is 295 g/mol. The van der Waals surface area contributed by atoms with Crippen molar-refractivity contribution in [3.05, 3.63) is 108 Å². The molecule has 0 amide bonds. The summed E-state index contributed by atoms with van der Waals surface area (Å²) in [5, 5.41) is -0.231. The molecule has 0 saturated carbocycles. The summed E-state index contributed by atoms with van der Waals surface area (Å²) in [6.45, 7) is 0. The van der Waals surface area contributed by atoms with Gasteiger partial charge < -0.3 is 0 Å². The third-order valence-electron chi connectivity index (χ3n) is 3.85. The van der Waals surface area contributed by atoms with E-state index in [0.29, 0.717) is 0 Å². The van der Waals surface area contributed by atoms with Crippen LogP contribution in [0, 0.1) is 0 Å². The Hall–Kier alpha value is -1.62. The van der Waals surface area contributed by atoms with Gasteiger partial charge in [0.15, 0.2) is 5.16 Å². The van der Waals surface area contributed by atoms with E-state index in [1.165, 1.54) is 16.7 Å². The van der Waals surface area contributed by atoms with Crippen molar-refractivity contribution in [2.24, 2.45) is 0 Å². The summed E-state index contributed by atoms with van der Waals surface area (Å²) >= 11 is 6.61. The van der Waals surface area contributed by atoms with Gasteiger partial charge in [-0.25, -0.2) is 0 Å². The largest absolute Gasteiger partial charge is 0.165 e. The second-order valence-electron chi connectivity index (χ2n) is 5.02. The highest BCUT2D eigenvalue weighted by Gasteiger charge is 2.41. The van der Waals surface area contributed by atoms with Crippen LogP contribution in [0.4, 0.5) is 0 Å². The van der Waals surface area contributed by atoms with Crippen molar-refractivity contribution in [2.45, 2.75) is 5.16 Å². The maximum atomic E-state index is 6.61. The molecule has 21 heavy (non-hydrogen) atoms. The van der Waals surface area contributed by atoms with Crippen molar-refractivity contribution in [3.63, 3.8) is 0 Å². The number of benzene rings is 3. The molecule has 104 valence electrons. The summed E-state index contributed by atoms with van der Waals surface area (Å²) in [6.07, 6.45) is 0. The van der Waals surface area contributed by atoms with E-state index in [1.807, 2.05) is 18.2 Å². The van der Waals surface area contributed by atoms with Crippen LogP contribution in [0.25, 0.3) is 0 Å². The molecule has 3 rings (SSSR count). The summed E-state index contributed by atoms with van der Waals surface area (Å²) < 4.78 is 0. The highest BCUT2D eigenvalue weighted by molar-refractivity contribution is 7.69. The van der Waals surface area contributed by atoms with E-state index in [1.54, 1.807) is 0 Å². The van der Waals surface area contributed by atoms with Crippen molar-refractivity contribution >= 4 is 19.2 Å². The predicted octanol–water partition coefficient (Wildman–Crippen LogP) is 5.54. The summed E-state index contributed by atoms with van der Waals surface area (Å²) in [5.74, 6) is 0. The van der Waals surface area contributed by atoms with Gasteiger partial charge in [0.1, 0.15) is 7.93 Å².